The number of nitrogens with zero attached hydrogens (tertiary/aromatic N) is 1. The number of amides is 2. The number of carbonyl (C=O) groups excluding carboxylic acids is 2. The largest absolute Gasteiger partial charge is 0.450 e. The lowest BCUT2D eigenvalue weighted by atomic mass is 9.86. The summed E-state index contributed by atoms with van der Waals surface area (Å²) in [5, 5.41) is 2.70. The summed E-state index contributed by atoms with van der Waals surface area (Å²) in [4.78, 5) is 26.3. The van der Waals surface area contributed by atoms with Gasteiger partial charge in [-0.05, 0) is 47.1 Å². The van der Waals surface area contributed by atoms with Gasteiger partial charge >= 0.3 is 6.09 Å². The highest BCUT2D eigenvalue weighted by Gasteiger charge is 2.57. The van der Waals surface area contributed by atoms with Crippen molar-refractivity contribution in [1.29, 1.82) is 0 Å². The minimum Gasteiger partial charge on any atom is -0.450 e. The summed E-state index contributed by atoms with van der Waals surface area (Å²) in [5.74, 6) is 1.89. The minimum atomic E-state index is -0.407. The monoisotopic (exact) mass is 370 g/mol. The number of hydrogen-bond donors (Lipinski definition) is 1. The number of carbonyl (C=O) groups is 2. The first kappa shape index (κ1) is 18.3. The SMILES string of the molecule is CC(C)(C)c1ccc([C@H]2[C@@H]3CN(C(=O)[C@@H]4CCCOC(=O)NC4)C[C@@H]32)cc1. The summed E-state index contributed by atoms with van der Waals surface area (Å²) in [7, 11) is 0. The Morgan fingerprint density at radius 2 is 1.81 bits per heavy atom. The summed E-state index contributed by atoms with van der Waals surface area (Å²) in [5.41, 5.74) is 2.96. The summed E-state index contributed by atoms with van der Waals surface area (Å²) in [6.45, 7) is 9.21. The van der Waals surface area contributed by atoms with Crippen molar-refractivity contribution in [1.82, 2.24) is 10.2 Å². The van der Waals surface area contributed by atoms with Crippen LogP contribution in [-0.2, 0) is 14.9 Å². The molecule has 0 spiro atoms. The Hall–Kier alpha value is -2.04. The molecule has 2 heterocycles. The van der Waals surface area contributed by atoms with Crippen LogP contribution in [0, 0.1) is 17.8 Å². The molecule has 1 N–H and O–H groups in total. The number of piperidine rings is 1. The molecule has 5 nitrogen and oxygen atoms in total. The molecule has 4 atom stereocenters. The molecule has 146 valence electrons. The van der Waals surface area contributed by atoms with Crippen molar-refractivity contribution in [2.45, 2.75) is 44.9 Å². The molecule has 0 radical (unpaired) electrons. The van der Waals surface area contributed by atoms with Gasteiger partial charge in [-0.3, -0.25) is 4.79 Å². The number of cyclic esters (lactones) is 1. The predicted molar refractivity (Wildman–Crippen MR) is 104 cm³/mol. The van der Waals surface area contributed by atoms with Crippen molar-refractivity contribution in [3.63, 3.8) is 0 Å². The number of alkyl carbamates (subject to hydrolysis) is 1. The normalized spacial score (nSPS) is 30.6. The van der Waals surface area contributed by atoms with E-state index in [1.54, 1.807) is 0 Å². The molecule has 2 amide bonds. The van der Waals surface area contributed by atoms with Crippen molar-refractivity contribution >= 4 is 12.0 Å². The number of benzene rings is 1. The Bertz CT molecular complexity index is 710. The van der Waals surface area contributed by atoms with Gasteiger partial charge in [0.15, 0.2) is 0 Å². The van der Waals surface area contributed by atoms with Crippen LogP contribution in [-0.4, -0.2) is 43.1 Å². The molecular weight excluding hydrogens is 340 g/mol. The van der Waals surface area contributed by atoms with Gasteiger partial charge in [-0.1, -0.05) is 45.0 Å². The van der Waals surface area contributed by atoms with Gasteiger partial charge in [0.2, 0.25) is 5.91 Å². The number of nitrogens with one attached hydrogen (secondary N) is 1. The lowest BCUT2D eigenvalue weighted by molar-refractivity contribution is -0.135. The van der Waals surface area contributed by atoms with Gasteiger partial charge in [0, 0.05) is 19.6 Å². The molecule has 1 aliphatic carbocycles. The van der Waals surface area contributed by atoms with E-state index in [-0.39, 0.29) is 17.2 Å². The van der Waals surface area contributed by atoms with Crippen molar-refractivity contribution < 1.29 is 14.3 Å². The number of fused-ring (bicyclic) bond motifs is 1. The summed E-state index contributed by atoms with van der Waals surface area (Å²) in [6.07, 6.45) is 1.13. The maximum Gasteiger partial charge on any atom is 0.407 e. The van der Waals surface area contributed by atoms with E-state index in [9.17, 15) is 9.59 Å². The van der Waals surface area contributed by atoms with E-state index in [1.807, 2.05) is 4.90 Å². The van der Waals surface area contributed by atoms with Gasteiger partial charge < -0.3 is 15.0 Å². The van der Waals surface area contributed by atoms with E-state index in [0.717, 1.165) is 25.9 Å². The van der Waals surface area contributed by atoms with Crippen LogP contribution in [0.5, 0.6) is 0 Å². The Kier molecular flexibility index (Phi) is 4.65. The number of hydrogen-bond acceptors (Lipinski definition) is 3. The second-order valence-corrected chi connectivity index (χ2v) is 9.32. The first-order valence-electron chi connectivity index (χ1n) is 10.1. The molecule has 0 bridgehead atoms. The predicted octanol–water partition coefficient (Wildman–Crippen LogP) is 3.29. The summed E-state index contributed by atoms with van der Waals surface area (Å²) >= 11 is 0. The third kappa shape index (κ3) is 3.69. The van der Waals surface area contributed by atoms with E-state index in [1.165, 1.54) is 11.1 Å². The molecular formula is C22H30N2O3. The molecule has 1 aromatic rings. The van der Waals surface area contributed by atoms with Crippen molar-refractivity contribution in [3.05, 3.63) is 35.4 Å². The molecule has 5 heteroatoms. The molecule has 2 saturated heterocycles. The zero-order valence-electron chi connectivity index (χ0n) is 16.5. The van der Waals surface area contributed by atoms with E-state index in [4.69, 9.17) is 4.74 Å². The second kappa shape index (κ2) is 6.84. The van der Waals surface area contributed by atoms with Crippen LogP contribution in [0.1, 0.15) is 50.7 Å². The number of ether oxygens (including phenoxy) is 1. The number of likely N-dealkylation sites (tertiary alicyclic amines) is 1. The van der Waals surface area contributed by atoms with Gasteiger partial charge in [0.05, 0.1) is 12.5 Å². The van der Waals surface area contributed by atoms with Gasteiger partial charge in [-0.25, -0.2) is 4.79 Å². The van der Waals surface area contributed by atoms with E-state index < -0.39 is 6.09 Å². The van der Waals surface area contributed by atoms with Gasteiger partial charge in [0.1, 0.15) is 0 Å². The third-order valence-electron chi connectivity index (χ3n) is 6.44. The average molecular weight is 370 g/mol. The third-order valence-corrected chi connectivity index (χ3v) is 6.44. The fraction of sp³-hybridized carbons (Fsp3) is 0.636. The molecule has 0 unspecified atom stereocenters. The summed E-state index contributed by atoms with van der Waals surface area (Å²) < 4.78 is 4.98. The van der Waals surface area contributed by atoms with E-state index >= 15 is 0 Å². The highest BCUT2D eigenvalue weighted by Crippen LogP contribution is 2.58. The van der Waals surface area contributed by atoms with E-state index in [2.05, 4.69) is 50.4 Å². The molecule has 1 saturated carbocycles. The van der Waals surface area contributed by atoms with Crippen LogP contribution in [0.2, 0.25) is 0 Å². The van der Waals surface area contributed by atoms with Gasteiger partial charge in [-0.15, -0.1) is 0 Å². The van der Waals surface area contributed by atoms with Crippen molar-refractivity contribution in [3.8, 4) is 0 Å². The van der Waals surface area contributed by atoms with Gasteiger partial charge in [0.25, 0.3) is 0 Å². The molecule has 2 aliphatic heterocycles. The second-order valence-electron chi connectivity index (χ2n) is 9.32. The minimum absolute atomic E-state index is 0.111. The lowest BCUT2D eigenvalue weighted by Gasteiger charge is -2.27. The van der Waals surface area contributed by atoms with Gasteiger partial charge in [-0.2, -0.15) is 0 Å². The molecule has 1 aromatic carbocycles. The molecule has 3 fully saturated rings. The highest BCUT2D eigenvalue weighted by molar-refractivity contribution is 5.80. The quantitative estimate of drug-likeness (QED) is 0.869. The Morgan fingerprint density at radius 3 is 2.44 bits per heavy atom. The van der Waals surface area contributed by atoms with Crippen LogP contribution in [0.3, 0.4) is 0 Å². The van der Waals surface area contributed by atoms with Crippen LogP contribution < -0.4 is 5.32 Å². The fourth-order valence-corrected chi connectivity index (χ4v) is 4.73. The van der Waals surface area contributed by atoms with Crippen LogP contribution in [0.4, 0.5) is 4.79 Å². The maximum atomic E-state index is 12.9. The topological polar surface area (TPSA) is 58.6 Å². The lowest BCUT2D eigenvalue weighted by Crippen LogP contribution is -2.43. The maximum absolute atomic E-state index is 12.9. The van der Waals surface area contributed by atoms with Crippen molar-refractivity contribution in [2.24, 2.45) is 17.8 Å². The average Bonchev–Trinajstić information content (AvgIpc) is 3.11. The standard InChI is InChI=1S/C22H30N2O3/c1-22(2,3)16-8-6-14(7-9-16)19-17-12-24(13-18(17)19)20(25)15-5-4-10-27-21(26)23-11-15/h6-9,15,17-19H,4-5,10-13H2,1-3H3,(H,23,26)/t15-,17-,18+,19+/m1/s1. The molecule has 27 heavy (non-hydrogen) atoms. The summed E-state index contributed by atoms with van der Waals surface area (Å²) in [6, 6.07) is 9.07. The van der Waals surface area contributed by atoms with E-state index in [0.29, 0.717) is 30.9 Å². The molecule has 4 rings (SSSR count). The molecule has 0 aromatic heterocycles. The first-order valence-corrected chi connectivity index (χ1v) is 10.1. The highest BCUT2D eigenvalue weighted by atomic mass is 16.5. The van der Waals surface area contributed by atoms with Crippen molar-refractivity contribution in [2.75, 3.05) is 26.2 Å². The first-order chi connectivity index (χ1) is 12.8. The Balaban J connectivity index is 1.34. The zero-order valence-corrected chi connectivity index (χ0v) is 16.5. The molecule has 3 aliphatic rings. The van der Waals surface area contributed by atoms with Crippen LogP contribution in [0.25, 0.3) is 0 Å². The Morgan fingerprint density at radius 1 is 1.15 bits per heavy atom. The van der Waals surface area contributed by atoms with Crippen LogP contribution in [0.15, 0.2) is 24.3 Å². The zero-order chi connectivity index (χ0) is 19.2. The fourth-order valence-electron chi connectivity index (χ4n) is 4.73. The van der Waals surface area contributed by atoms with Crippen LogP contribution >= 0.6 is 0 Å². The Labute approximate surface area is 161 Å². The smallest absolute Gasteiger partial charge is 0.407 e. The number of rotatable bonds is 2.